The molecule has 0 N–H and O–H groups in total. The number of carbonyl (C=O) groups is 1. The zero-order valence-electron chi connectivity index (χ0n) is 18.1. The molecule has 1 saturated heterocycles. The van der Waals surface area contributed by atoms with Crippen LogP contribution in [0.15, 0.2) is 9.95 Å². The molecule has 0 radical (unpaired) electrons. The summed E-state index contributed by atoms with van der Waals surface area (Å²) in [4.78, 5) is 34.2. The van der Waals surface area contributed by atoms with Crippen LogP contribution in [0.3, 0.4) is 0 Å². The third-order valence-corrected chi connectivity index (χ3v) is 9.24. The quantitative estimate of drug-likeness (QED) is 0.456. The number of carbonyl (C=O) groups excluding carboxylic acids is 1. The molecule has 1 aliphatic heterocycles. The number of nitrogens with zero attached hydrogens (tertiary/aromatic N) is 3. The second-order valence-corrected chi connectivity index (χ2v) is 12.6. The van der Waals surface area contributed by atoms with Gasteiger partial charge in [-0.3, -0.25) is 14.2 Å². The molecule has 3 rings (SSSR count). The third-order valence-electron chi connectivity index (χ3n) is 5.43. The average Bonchev–Trinajstić information content (AvgIpc) is 3.16. The summed E-state index contributed by atoms with van der Waals surface area (Å²) in [7, 11) is -3.08. The van der Waals surface area contributed by atoms with Gasteiger partial charge >= 0.3 is 0 Å². The molecule has 0 spiro atoms. The van der Waals surface area contributed by atoms with E-state index in [1.54, 1.807) is 9.47 Å². The van der Waals surface area contributed by atoms with Gasteiger partial charge in [0, 0.05) is 24.0 Å². The van der Waals surface area contributed by atoms with Crippen LogP contribution in [-0.2, 0) is 21.2 Å². The minimum atomic E-state index is -3.08. The number of thioether (sulfide) groups is 1. The van der Waals surface area contributed by atoms with E-state index in [0.717, 1.165) is 10.4 Å². The lowest BCUT2D eigenvalue weighted by Gasteiger charge is -2.30. The van der Waals surface area contributed by atoms with Gasteiger partial charge in [-0.25, -0.2) is 13.4 Å². The maximum atomic E-state index is 13.1. The van der Waals surface area contributed by atoms with Crippen molar-refractivity contribution in [2.45, 2.75) is 58.8 Å². The first-order chi connectivity index (χ1) is 14.0. The first-order valence-electron chi connectivity index (χ1n) is 10.2. The highest BCUT2D eigenvalue weighted by Gasteiger charge is 2.35. The lowest BCUT2D eigenvalue weighted by Crippen LogP contribution is -2.44. The predicted molar refractivity (Wildman–Crippen MR) is 123 cm³/mol. The van der Waals surface area contributed by atoms with E-state index in [1.165, 1.54) is 23.1 Å². The van der Waals surface area contributed by atoms with Gasteiger partial charge in [-0.05, 0) is 38.7 Å². The lowest BCUT2D eigenvalue weighted by atomic mass is 10.1. The molecule has 0 bridgehead atoms. The second kappa shape index (κ2) is 9.00. The molecule has 0 aliphatic carbocycles. The summed E-state index contributed by atoms with van der Waals surface area (Å²) in [5.41, 5.74) is 0.896. The minimum absolute atomic E-state index is 0.0355. The van der Waals surface area contributed by atoms with Gasteiger partial charge in [0.2, 0.25) is 5.91 Å². The van der Waals surface area contributed by atoms with E-state index in [1.807, 2.05) is 34.6 Å². The van der Waals surface area contributed by atoms with Crippen LogP contribution in [0.4, 0.5) is 0 Å². The summed E-state index contributed by atoms with van der Waals surface area (Å²) in [6.07, 6.45) is 0.489. The van der Waals surface area contributed by atoms with Gasteiger partial charge in [0.1, 0.15) is 4.83 Å². The van der Waals surface area contributed by atoms with Crippen LogP contribution in [-0.4, -0.2) is 58.6 Å². The molecule has 0 saturated carbocycles. The number of hydrogen-bond acceptors (Lipinski definition) is 7. The zero-order chi connectivity index (χ0) is 22.2. The van der Waals surface area contributed by atoms with Crippen LogP contribution in [0, 0.1) is 19.8 Å². The SMILES string of the molecule is CCn1c(SCC(=O)N(CC(C)C)[C@H]2CCS(=O)(=O)C2)nc2sc(C)c(C)c2c1=O. The fourth-order valence-electron chi connectivity index (χ4n) is 3.78. The van der Waals surface area contributed by atoms with Gasteiger partial charge in [0.05, 0.1) is 22.6 Å². The Labute approximate surface area is 185 Å². The normalized spacial score (nSPS) is 18.4. The van der Waals surface area contributed by atoms with Crippen LogP contribution in [0.25, 0.3) is 10.2 Å². The average molecular weight is 472 g/mol. The van der Waals surface area contributed by atoms with Crippen molar-refractivity contribution in [1.82, 2.24) is 14.5 Å². The Balaban J connectivity index is 1.84. The van der Waals surface area contributed by atoms with Crippen molar-refractivity contribution in [3.63, 3.8) is 0 Å². The highest BCUT2D eigenvalue weighted by molar-refractivity contribution is 7.99. The van der Waals surface area contributed by atoms with Gasteiger partial charge < -0.3 is 4.90 Å². The Morgan fingerprint density at radius 1 is 1.37 bits per heavy atom. The first-order valence-corrected chi connectivity index (χ1v) is 13.8. The molecular weight excluding hydrogens is 442 g/mol. The molecule has 30 heavy (non-hydrogen) atoms. The smallest absolute Gasteiger partial charge is 0.263 e. The molecule has 166 valence electrons. The summed E-state index contributed by atoms with van der Waals surface area (Å²) < 4.78 is 25.5. The van der Waals surface area contributed by atoms with Gasteiger partial charge in [-0.2, -0.15) is 0 Å². The van der Waals surface area contributed by atoms with Gasteiger partial charge in [-0.15, -0.1) is 11.3 Å². The molecule has 1 atom stereocenters. The van der Waals surface area contributed by atoms with E-state index in [-0.39, 0.29) is 40.7 Å². The Kier molecular flexibility index (Phi) is 6.98. The van der Waals surface area contributed by atoms with Crippen LogP contribution in [0.5, 0.6) is 0 Å². The number of sulfone groups is 1. The topological polar surface area (TPSA) is 89.3 Å². The van der Waals surface area contributed by atoms with Crippen LogP contribution < -0.4 is 5.56 Å². The van der Waals surface area contributed by atoms with E-state index in [2.05, 4.69) is 4.98 Å². The van der Waals surface area contributed by atoms with E-state index >= 15 is 0 Å². The molecule has 0 aromatic carbocycles. The molecule has 3 heterocycles. The molecule has 10 heteroatoms. The first kappa shape index (κ1) is 23.3. The molecule has 1 amide bonds. The van der Waals surface area contributed by atoms with Crippen LogP contribution >= 0.6 is 23.1 Å². The summed E-state index contributed by atoms with van der Waals surface area (Å²) in [5, 5.41) is 1.20. The van der Waals surface area contributed by atoms with Gasteiger partial charge in [0.15, 0.2) is 15.0 Å². The Bertz CT molecular complexity index is 1120. The van der Waals surface area contributed by atoms with Crippen molar-refractivity contribution in [2.75, 3.05) is 23.8 Å². The standard InChI is InChI=1S/C20H29N3O4S3/c1-6-22-19(25)17-13(4)14(5)29-18(17)21-20(22)28-10-16(24)23(9-12(2)3)15-7-8-30(26,27)11-15/h12,15H,6-11H2,1-5H3/t15-/m0/s1. The molecule has 2 aromatic rings. The molecular formula is C20H29N3O4S3. The molecule has 1 fully saturated rings. The van der Waals surface area contributed by atoms with Crippen molar-refractivity contribution in [3.8, 4) is 0 Å². The molecule has 1 aliphatic rings. The van der Waals surface area contributed by atoms with Crippen molar-refractivity contribution in [3.05, 3.63) is 20.8 Å². The Hall–Kier alpha value is -1.39. The van der Waals surface area contributed by atoms with Crippen molar-refractivity contribution in [1.29, 1.82) is 0 Å². The van der Waals surface area contributed by atoms with Crippen molar-refractivity contribution < 1.29 is 13.2 Å². The van der Waals surface area contributed by atoms with Crippen molar-refractivity contribution in [2.24, 2.45) is 5.92 Å². The molecule has 7 nitrogen and oxygen atoms in total. The predicted octanol–water partition coefficient (Wildman–Crippen LogP) is 2.86. The van der Waals surface area contributed by atoms with Crippen LogP contribution in [0.1, 0.15) is 37.6 Å². The van der Waals surface area contributed by atoms with E-state index in [4.69, 9.17) is 0 Å². The van der Waals surface area contributed by atoms with Crippen LogP contribution in [0.2, 0.25) is 0 Å². The number of amides is 1. The highest BCUT2D eigenvalue weighted by atomic mass is 32.2. The van der Waals surface area contributed by atoms with E-state index in [0.29, 0.717) is 34.9 Å². The second-order valence-electron chi connectivity index (χ2n) is 8.19. The van der Waals surface area contributed by atoms with E-state index < -0.39 is 9.84 Å². The van der Waals surface area contributed by atoms with Gasteiger partial charge in [0.25, 0.3) is 5.56 Å². The Morgan fingerprint density at radius 2 is 2.07 bits per heavy atom. The maximum absolute atomic E-state index is 13.1. The summed E-state index contributed by atoms with van der Waals surface area (Å²) in [5.74, 6) is 0.435. The number of thiophene rings is 1. The number of aromatic nitrogens is 2. The largest absolute Gasteiger partial charge is 0.338 e. The number of rotatable bonds is 7. The fraction of sp³-hybridized carbons (Fsp3) is 0.650. The summed E-state index contributed by atoms with van der Waals surface area (Å²) in [6.45, 7) is 10.8. The number of fused-ring (bicyclic) bond motifs is 1. The maximum Gasteiger partial charge on any atom is 0.263 e. The Morgan fingerprint density at radius 3 is 2.63 bits per heavy atom. The number of hydrogen-bond donors (Lipinski definition) is 0. The van der Waals surface area contributed by atoms with E-state index in [9.17, 15) is 18.0 Å². The lowest BCUT2D eigenvalue weighted by molar-refractivity contribution is -0.130. The third kappa shape index (κ3) is 4.75. The summed E-state index contributed by atoms with van der Waals surface area (Å²) in [6, 6.07) is -0.267. The fourth-order valence-corrected chi connectivity index (χ4v) is 7.53. The summed E-state index contributed by atoms with van der Waals surface area (Å²) >= 11 is 2.75. The van der Waals surface area contributed by atoms with Crippen molar-refractivity contribution >= 4 is 49.1 Å². The minimum Gasteiger partial charge on any atom is -0.338 e. The zero-order valence-corrected chi connectivity index (χ0v) is 20.5. The molecule has 2 aromatic heterocycles. The molecule has 0 unspecified atom stereocenters. The van der Waals surface area contributed by atoms with Gasteiger partial charge in [-0.1, -0.05) is 25.6 Å². The highest BCUT2D eigenvalue weighted by Crippen LogP contribution is 2.29. The monoisotopic (exact) mass is 471 g/mol. The number of aryl methyl sites for hydroxylation is 2.